The van der Waals surface area contributed by atoms with Crippen LogP contribution in [0.25, 0.3) is 0 Å². The van der Waals surface area contributed by atoms with E-state index in [1.807, 2.05) is 0 Å². The van der Waals surface area contributed by atoms with Crippen LogP contribution in [0.1, 0.15) is 5.56 Å². The van der Waals surface area contributed by atoms with Crippen LogP contribution in [0.4, 0.5) is 4.39 Å². The Bertz CT molecular complexity index is 494. The molecule has 0 bridgehead atoms. The Morgan fingerprint density at radius 3 is 2.22 bits per heavy atom. The molecule has 2 N–H and O–H groups in total. The Morgan fingerprint density at radius 1 is 1.09 bits per heavy atom. The zero-order valence-electron chi connectivity index (χ0n) is 13.6. The smallest absolute Gasteiger partial charge is 0.234 e. The Balaban J connectivity index is 2.17. The van der Waals surface area contributed by atoms with Crippen molar-refractivity contribution in [3.8, 4) is 0 Å². The second-order valence-corrected chi connectivity index (χ2v) is 5.24. The lowest BCUT2D eigenvalue weighted by molar-refractivity contribution is -0.124. The number of rotatable bonds is 10. The normalized spacial score (nSPS) is 10.6. The van der Waals surface area contributed by atoms with Crippen LogP contribution in [0.5, 0.6) is 0 Å². The molecule has 128 valence electrons. The van der Waals surface area contributed by atoms with Crippen molar-refractivity contribution in [3.05, 3.63) is 35.6 Å². The maximum Gasteiger partial charge on any atom is 0.234 e. The minimum Gasteiger partial charge on any atom is -0.383 e. The quantitative estimate of drug-likeness (QED) is 0.602. The summed E-state index contributed by atoms with van der Waals surface area (Å²) in [5, 5.41) is 5.47. The fourth-order valence-electron chi connectivity index (χ4n) is 1.95. The van der Waals surface area contributed by atoms with Gasteiger partial charge in [0, 0.05) is 20.2 Å². The molecule has 0 spiro atoms. The van der Waals surface area contributed by atoms with Crippen molar-refractivity contribution >= 4 is 11.8 Å². The van der Waals surface area contributed by atoms with E-state index < -0.39 is 0 Å². The van der Waals surface area contributed by atoms with Gasteiger partial charge < -0.3 is 15.4 Å². The van der Waals surface area contributed by atoms with Crippen molar-refractivity contribution < 1.29 is 18.7 Å². The topological polar surface area (TPSA) is 70.7 Å². The van der Waals surface area contributed by atoms with E-state index in [1.165, 1.54) is 12.1 Å². The highest BCUT2D eigenvalue weighted by Gasteiger charge is 2.10. The molecule has 1 rings (SSSR count). The van der Waals surface area contributed by atoms with Crippen LogP contribution in [0.2, 0.25) is 0 Å². The maximum absolute atomic E-state index is 12.8. The SMILES string of the molecule is COCCNC(=O)CN(C)CC(=O)NCCc1ccc(F)cc1. The van der Waals surface area contributed by atoms with Crippen molar-refractivity contribution in [1.82, 2.24) is 15.5 Å². The molecule has 0 saturated carbocycles. The van der Waals surface area contributed by atoms with Crippen molar-refractivity contribution in [3.63, 3.8) is 0 Å². The number of methoxy groups -OCH3 is 1. The summed E-state index contributed by atoms with van der Waals surface area (Å²) >= 11 is 0. The molecule has 0 heterocycles. The van der Waals surface area contributed by atoms with Crippen LogP contribution in [0, 0.1) is 5.82 Å². The lowest BCUT2D eigenvalue weighted by atomic mass is 10.1. The summed E-state index contributed by atoms with van der Waals surface area (Å²) in [6.07, 6.45) is 0.632. The van der Waals surface area contributed by atoms with Crippen LogP contribution in [0.15, 0.2) is 24.3 Å². The zero-order chi connectivity index (χ0) is 17.1. The number of nitrogens with one attached hydrogen (secondary N) is 2. The summed E-state index contributed by atoms with van der Waals surface area (Å²) in [5.41, 5.74) is 0.956. The van der Waals surface area contributed by atoms with Crippen LogP contribution in [-0.2, 0) is 20.7 Å². The molecule has 0 radical (unpaired) electrons. The van der Waals surface area contributed by atoms with Gasteiger partial charge in [0.15, 0.2) is 0 Å². The Labute approximate surface area is 136 Å². The number of hydrogen-bond acceptors (Lipinski definition) is 4. The Morgan fingerprint density at radius 2 is 1.65 bits per heavy atom. The average molecular weight is 325 g/mol. The Kier molecular flexibility index (Phi) is 8.86. The van der Waals surface area contributed by atoms with Crippen molar-refractivity contribution in [2.24, 2.45) is 0 Å². The average Bonchev–Trinajstić information content (AvgIpc) is 2.49. The first-order valence-electron chi connectivity index (χ1n) is 7.46. The van der Waals surface area contributed by atoms with Gasteiger partial charge in [0.2, 0.25) is 11.8 Å². The summed E-state index contributed by atoms with van der Waals surface area (Å²) in [6, 6.07) is 6.18. The predicted octanol–water partition coefficient (Wildman–Crippen LogP) is 0.179. The first kappa shape index (κ1) is 19.1. The number of carbonyl (C=O) groups excluding carboxylic acids is 2. The molecule has 7 heteroatoms. The molecule has 0 aliphatic carbocycles. The second-order valence-electron chi connectivity index (χ2n) is 5.24. The summed E-state index contributed by atoms with van der Waals surface area (Å²) in [5.74, 6) is -0.578. The zero-order valence-corrected chi connectivity index (χ0v) is 13.6. The van der Waals surface area contributed by atoms with E-state index in [-0.39, 0.29) is 30.7 Å². The summed E-state index contributed by atoms with van der Waals surface area (Å²) in [4.78, 5) is 25.0. The van der Waals surface area contributed by atoms with Gasteiger partial charge in [0.05, 0.1) is 19.7 Å². The van der Waals surface area contributed by atoms with E-state index in [0.717, 1.165) is 5.56 Å². The van der Waals surface area contributed by atoms with Crippen LogP contribution in [0.3, 0.4) is 0 Å². The van der Waals surface area contributed by atoms with Gasteiger partial charge in [-0.15, -0.1) is 0 Å². The molecule has 0 unspecified atom stereocenters. The molecule has 0 saturated heterocycles. The summed E-state index contributed by atoms with van der Waals surface area (Å²) in [7, 11) is 3.27. The molecule has 1 aromatic carbocycles. The number of benzene rings is 1. The van der Waals surface area contributed by atoms with Gasteiger partial charge in [0.1, 0.15) is 5.82 Å². The molecule has 0 aliphatic rings. The lowest BCUT2D eigenvalue weighted by Crippen LogP contribution is -2.41. The molecule has 0 aromatic heterocycles. The molecular formula is C16H24FN3O3. The Hall–Kier alpha value is -1.99. The third-order valence-electron chi connectivity index (χ3n) is 3.10. The monoisotopic (exact) mass is 325 g/mol. The molecule has 2 amide bonds. The van der Waals surface area contributed by atoms with E-state index in [4.69, 9.17) is 4.74 Å². The maximum atomic E-state index is 12.8. The third-order valence-corrected chi connectivity index (χ3v) is 3.10. The number of nitrogens with zero attached hydrogens (tertiary/aromatic N) is 1. The van der Waals surface area contributed by atoms with E-state index >= 15 is 0 Å². The molecule has 0 fully saturated rings. The lowest BCUT2D eigenvalue weighted by Gasteiger charge is -2.16. The van der Waals surface area contributed by atoms with E-state index in [1.54, 1.807) is 31.2 Å². The van der Waals surface area contributed by atoms with Gasteiger partial charge in [-0.25, -0.2) is 4.39 Å². The van der Waals surface area contributed by atoms with E-state index in [9.17, 15) is 14.0 Å². The van der Waals surface area contributed by atoms with Crippen molar-refractivity contribution in [2.45, 2.75) is 6.42 Å². The number of halogens is 1. The fourth-order valence-corrected chi connectivity index (χ4v) is 1.95. The largest absolute Gasteiger partial charge is 0.383 e. The standard InChI is InChI=1S/C16H24FN3O3/c1-20(12-16(22)19-9-10-23-2)11-15(21)18-8-7-13-3-5-14(17)6-4-13/h3-6H,7-12H2,1-2H3,(H,18,21)(H,19,22). The number of likely N-dealkylation sites (N-methyl/N-ethyl adjacent to an activating group) is 1. The highest BCUT2D eigenvalue weighted by Crippen LogP contribution is 2.02. The first-order chi connectivity index (χ1) is 11.0. The first-order valence-corrected chi connectivity index (χ1v) is 7.46. The molecule has 6 nitrogen and oxygen atoms in total. The van der Waals surface area contributed by atoms with Gasteiger partial charge in [-0.1, -0.05) is 12.1 Å². The summed E-state index contributed by atoms with van der Waals surface area (Å²) < 4.78 is 17.6. The number of ether oxygens (including phenoxy) is 1. The van der Waals surface area contributed by atoms with Crippen molar-refractivity contribution in [2.75, 3.05) is 46.9 Å². The molecule has 23 heavy (non-hydrogen) atoms. The predicted molar refractivity (Wildman–Crippen MR) is 85.5 cm³/mol. The van der Waals surface area contributed by atoms with Crippen molar-refractivity contribution in [1.29, 1.82) is 0 Å². The van der Waals surface area contributed by atoms with Gasteiger partial charge in [0.25, 0.3) is 0 Å². The number of amides is 2. The highest BCUT2D eigenvalue weighted by atomic mass is 19.1. The third kappa shape index (κ3) is 8.90. The van der Waals surface area contributed by atoms with Gasteiger partial charge in [-0.3, -0.25) is 14.5 Å². The number of hydrogen-bond donors (Lipinski definition) is 2. The number of carbonyl (C=O) groups is 2. The van der Waals surface area contributed by atoms with Gasteiger partial charge in [-0.05, 0) is 31.2 Å². The molecule has 0 atom stereocenters. The van der Waals surface area contributed by atoms with Gasteiger partial charge in [-0.2, -0.15) is 0 Å². The van der Waals surface area contributed by atoms with Gasteiger partial charge >= 0.3 is 0 Å². The van der Waals surface area contributed by atoms with E-state index in [0.29, 0.717) is 26.1 Å². The molecule has 0 aliphatic heterocycles. The van der Waals surface area contributed by atoms with E-state index in [2.05, 4.69) is 10.6 Å². The fraction of sp³-hybridized carbons (Fsp3) is 0.500. The van der Waals surface area contributed by atoms with Crippen LogP contribution >= 0.6 is 0 Å². The highest BCUT2D eigenvalue weighted by molar-refractivity contribution is 5.81. The van der Waals surface area contributed by atoms with Crippen LogP contribution < -0.4 is 10.6 Å². The second kappa shape index (κ2) is 10.7. The molecule has 1 aromatic rings. The van der Waals surface area contributed by atoms with Crippen LogP contribution in [-0.4, -0.2) is 63.7 Å². The minimum atomic E-state index is -0.275. The summed E-state index contributed by atoms with van der Waals surface area (Å²) in [6.45, 7) is 1.67. The molecular weight excluding hydrogens is 301 g/mol. The minimum absolute atomic E-state index is 0.140.